The third kappa shape index (κ3) is 6.84. The molecule has 0 saturated heterocycles. The van der Waals surface area contributed by atoms with Gasteiger partial charge >= 0.3 is 0 Å². The normalized spacial score (nSPS) is 11.0. The van der Waals surface area contributed by atoms with Crippen LogP contribution in [0.4, 0.5) is 0 Å². The zero-order valence-electron chi connectivity index (χ0n) is 38.2. The van der Waals surface area contributed by atoms with Crippen LogP contribution in [0.5, 0.6) is 0 Å². The molecule has 8 heteroatoms. The fourth-order valence-corrected chi connectivity index (χ4v) is 10.3. The molecule has 0 aliphatic heterocycles. The summed E-state index contributed by atoms with van der Waals surface area (Å²) in [6.45, 7) is 0. The lowest BCUT2D eigenvalue weighted by atomic mass is 9.98. The molecule has 330 valence electrons. The number of pyridine rings is 1. The van der Waals surface area contributed by atoms with E-state index in [9.17, 15) is 26.3 Å². The molecule has 0 unspecified atom stereocenters. The van der Waals surface area contributed by atoms with Crippen molar-refractivity contribution in [3.63, 3.8) is 0 Å². The SMILES string of the molecule is N#Cc1ccccc1-c1ccc2c3ccc(-c4ccccc4C#N)cc3n(-c3cc(-c4ccncc4)cc(-n4c5cc(-c6ccccc6C#N)ccc5c5ccc(-c6ccccc6C#N)cc54)c3C#N)c2c1. The Kier molecular flexibility index (Phi) is 10.3. The van der Waals surface area contributed by atoms with E-state index in [1.54, 1.807) is 12.4 Å². The summed E-state index contributed by atoms with van der Waals surface area (Å²) in [6.07, 6.45) is 3.51. The zero-order chi connectivity index (χ0) is 48.9. The Hall–Kier alpha value is -10.8. The van der Waals surface area contributed by atoms with Crippen molar-refractivity contribution in [2.24, 2.45) is 0 Å². The van der Waals surface area contributed by atoms with E-state index < -0.39 is 0 Å². The van der Waals surface area contributed by atoms with Crippen LogP contribution in [0.2, 0.25) is 0 Å². The van der Waals surface area contributed by atoms with E-state index in [0.29, 0.717) is 39.2 Å². The lowest BCUT2D eigenvalue weighted by Gasteiger charge is -2.19. The largest absolute Gasteiger partial charge is 0.308 e. The van der Waals surface area contributed by atoms with E-state index >= 15 is 0 Å². The second-order valence-corrected chi connectivity index (χ2v) is 17.5. The van der Waals surface area contributed by atoms with Crippen molar-refractivity contribution in [1.82, 2.24) is 14.1 Å². The van der Waals surface area contributed by atoms with Gasteiger partial charge in [-0.2, -0.15) is 26.3 Å². The highest BCUT2D eigenvalue weighted by atomic mass is 15.0. The first-order valence-corrected chi connectivity index (χ1v) is 23.1. The lowest BCUT2D eigenvalue weighted by Crippen LogP contribution is -2.05. The van der Waals surface area contributed by atoms with Gasteiger partial charge in [-0.25, -0.2) is 0 Å². The van der Waals surface area contributed by atoms with E-state index in [1.807, 2.05) is 133 Å². The Balaban J connectivity index is 1.24. The maximum Gasteiger partial charge on any atom is 0.104 e. The average Bonchev–Trinajstić information content (AvgIpc) is 3.95. The number of hydrogen-bond donors (Lipinski definition) is 0. The molecular weight excluding hydrogens is 881 g/mol. The molecule has 12 rings (SSSR count). The molecule has 0 bridgehead atoms. The van der Waals surface area contributed by atoms with Gasteiger partial charge in [0.1, 0.15) is 11.6 Å². The second-order valence-electron chi connectivity index (χ2n) is 17.5. The minimum Gasteiger partial charge on any atom is -0.308 e. The Labute approximate surface area is 413 Å². The summed E-state index contributed by atoms with van der Waals surface area (Å²) >= 11 is 0. The van der Waals surface area contributed by atoms with Gasteiger partial charge in [-0.3, -0.25) is 4.98 Å². The molecule has 9 aromatic carbocycles. The molecule has 0 aliphatic rings. The average molecular weight is 915 g/mol. The molecule has 12 aromatic rings. The second kappa shape index (κ2) is 17.4. The molecule has 0 fully saturated rings. The van der Waals surface area contributed by atoms with E-state index in [0.717, 1.165) is 99.2 Å². The van der Waals surface area contributed by atoms with Crippen molar-refractivity contribution in [3.05, 3.63) is 234 Å². The summed E-state index contributed by atoms with van der Waals surface area (Å²) in [4.78, 5) is 4.37. The summed E-state index contributed by atoms with van der Waals surface area (Å²) < 4.78 is 4.29. The van der Waals surface area contributed by atoms with Gasteiger partial charge < -0.3 is 9.13 Å². The zero-order valence-corrected chi connectivity index (χ0v) is 38.2. The van der Waals surface area contributed by atoms with Crippen LogP contribution in [0.25, 0.3) is 111 Å². The number of aromatic nitrogens is 3. The van der Waals surface area contributed by atoms with Crippen LogP contribution >= 0.6 is 0 Å². The van der Waals surface area contributed by atoms with E-state index in [1.165, 1.54) is 0 Å². The van der Waals surface area contributed by atoms with Gasteiger partial charge in [0.15, 0.2) is 0 Å². The quantitative estimate of drug-likeness (QED) is 0.156. The number of nitrogens with zero attached hydrogens (tertiary/aromatic N) is 8. The van der Waals surface area contributed by atoms with Gasteiger partial charge in [0.25, 0.3) is 0 Å². The van der Waals surface area contributed by atoms with Crippen molar-refractivity contribution in [1.29, 1.82) is 26.3 Å². The van der Waals surface area contributed by atoms with E-state index in [4.69, 9.17) is 0 Å². The van der Waals surface area contributed by atoms with E-state index in [-0.39, 0.29) is 0 Å². The maximum atomic E-state index is 11.9. The van der Waals surface area contributed by atoms with Crippen molar-refractivity contribution < 1.29 is 0 Å². The Morgan fingerprint density at radius 1 is 0.292 bits per heavy atom. The Morgan fingerprint density at radius 3 is 0.889 bits per heavy atom. The molecular formula is C64H34N8. The summed E-state index contributed by atoms with van der Waals surface area (Å²) in [5.74, 6) is 0. The highest BCUT2D eigenvalue weighted by Gasteiger charge is 2.25. The minimum atomic E-state index is 0.377. The number of nitriles is 5. The van der Waals surface area contributed by atoms with Crippen LogP contribution in [-0.4, -0.2) is 14.1 Å². The van der Waals surface area contributed by atoms with E-state index in [2.05, 4.69) is 105 Å². The summed E-state index contributed by atoms with van der Waals surface area (Å²) in [7, 11) is 0. The Morgan fingerprint density at radius 2 is 0.597 bits per heavy atom. The molecule has 3 heterocycles. The molecule has 3 aromatic heterocycles. The molecule has 0 atom stereocenters. The first-order chi connectivity index (χ1) is 35.5. The summed E-state index contributed by atoms with van der Waals surface area (Å²) in [6, 6.07) is 75.2. The van der Waals surface area contributed by atoms with Gasteiger partial charge in [0.05, 0.1) is 80.0 Å². The number of hydrogen-bond acceptors (Lipinski definition) is 6. The predicted octanol–water partition coefficient (Wildman–Crippen LogP) is 15.0. The van der Waals surface area contributed by atoms with Crippen LogP contribution < -0.4 is 0 Å². The number of fused-ring (bicyclic) bond motifs is 6. The molecule has 0 saturated carbocycles. The van der Waals surface area contributed by atoms with Crippen LogP contribution in [0.1, 0.15) is 27.8 Å². The van der Waals surface area contributed by atoms with Crippen LogP contribution in [-0.2, 0) is 0 Å². The van der Waals surface area contributed by atoms with Crippen molar-refractivity contribution in [3.8, 4) is 97.4 Å². The monoisotopic (exact) mass is 914 g/mol. The first kappa shape index (κ1) is 42.5. The molecule has 0 N–H and O–H groups in total. The van der Waals surface area contributed by atoms with Crippen LogP contribution in [0.15, 0.2) is 207 Å². The van der Waals surface area contributed by atoms with Crippen molar-refractivity contribution >= 4 is 43.6 Å². The fourth-order valence-electron chi connectivity index (χ4n) is 10.3. The predicted molar refractivity (Wildman–Crippen MR) is 284 cm³/mol. The van der Waals surface area contributed by atoms with Crippen molar-refractivity contribution in [2.45, 2.75) is 0 Å². The van der Waals surface area contributed by atoms with Crippen LogP contribution in [0.3, 0.4) is 0 Å². The first-order valence-electron chi connectivity index (χ1n) is 23.1. The highest BCUT2D eigenvalue weighted by molar-refractivity contribution is 6.13. The highest BCUT2D eigenvalue weighted by Crippen LogP contribution is 2.44. The van der Waals surface area contributed by atoms with Gasteiger partial charge in [0.2, 0.25) is 0 Å². The molecule has 0 radical (unpaired) electrons. The third-order valence-electron chi connectivity index (χ3n) is 13.7. The standard InChI is InChI=1S/C64H34N8/c65-35-45-9-1-5-13-50(45)41-17-21-54-55-22-18-42(51-14-6-2-10-46(51)36-66)30-60(55)71(59(54)29-41)63-33-49(40-25-27-70-28-26-40)34-64(58(63)39-69)72-61-31-43(52-15-7-3-11-47(52)37-67)19-23-56(61)57-24-20-44(32-62(57)72)53-16-8-4-12-48(53)38-68/h1-34H. The topological polar surface area (TPSA) is 142 Å². The number of rotatable bonds is 7. The summed E-state index contributed by atoms with van der Waals surface area (Å²) in [5, 5.41) is 56.7. The molecule has 0 amide bonds. The Bertz CT molecular complexity index is 3970. The van der Waals surface area contributed by atoms with Gasteiger partial charge in [0, 0.05) is 33.9 Å². The molecule has 0 aliphatic carbocycles. The maximum absolute atomic E-state index is 11.9. The third-order valence-corrected chi connectivity index (χ3v) is 13.7. The molecule has 0 spiro atoms. The lowest BCUT2D eigenvalue weighted by molar-refractivity contribution is 1.12. The summed E-state index contributed by atoms with van der Waals surface area (Å²) in [5.41, 5.74) is 15.1. The molecule has 8 nitrogen and oxygen atoms in total. The fraction of sp³-hybridized carbons (Fsp3) is 0. The van der Waals surface area contributed by atoms with Crippen molar-refractivity contribution in [2.75, 3.05) is 0 Å². The van der Waals surface area contributed by atoms with Crippen LogP contribution in [0, 0.1) is 56.7 Å². The van der Waals surface area contributed by atoms with Gasteiger partial charge in [-0.05, 0) is 128 Å². The smallest absolute Gasteiger partial charge is 0.104 e. The van der Waals surface area contributed by atoms with Gasteiger partial charge in [-0.1, -0.05) is 121 Å². The number of benzene rings is 9. The molecule has 72 heavy (non-hydrogen) atoms. The minimum absolute atomic E-state index is 0.377. The van der Waals surface area contributed by atoms with Gasteiger partial charge in [-0.15, -0.1) is 0 Å².